The molecule has 0 fully saturated rings. The molecule has 0 aliphatic rings. The molecule has 0 heterocycles. The Balaban J connectivity index is 3.36. The molecule has 0 aliphatic heterocycles. The van der Waals surface area contributed by atoms with E-state index in [0.29, 0.717) is 5.92 Å². The molecule has 0 radical (unpaired) electrons. The number of carbonyl (C=O) groups is 1. The molecule has 1 N–H and O–H groups in total. The van der Waals surface area contributed by atoms with E-state index in [4.69, 9.17) is 0 Å². The van der Waals surface area contributed by atoms with E-state index in [-0.39, 0.29) is 5.92 Å². The summed E-state index contributed by atoms with van der Waals surface area (Å²) in [6.45, 7) is 6.48. The van der Waals surface area contributed by atoms with E-state index in [1.54, 1.807) is 0 Å². The van der Waals surface area contributed by atoms with Gasteiger partial charge in [0.1, 0.15) is 0 Å². The van der Waals surface area contributed by atoms with Gasteiger partial charge in [-0.1, -0.05) is 91.4 Å². The number of rotatable bonds is 15. The minimum Gasteiger partial charge on any atom is -0.481 e. The van der Waals surface area contributed by atoms with Crippen LogP contribution in [0.15, 0.2) is 0 Å². The summed E-state index contributed by atoms with van der Waals surface area (Å²) in [7, 11) is 0. The van der Waals surface area contributed by atoms with Crippen molar-refractivity contribution in [3.63, 3.8) is 0 Å². The van der Waals surface area contributed by atoms with Crippen LogP contribution < -0.4 is 0 Å². The minimum absolute atomic E-state index is 0.122. The van der Waals surface area contributed by atoms with Crippen molar-refractivity contribution < 1.29 is 9.90 Å². The van der Waals surface area contributed by atoms with Crippen LogP contribution in [0.2, 0.25) is 0 Å². The predicted octanol–water partition coefficient (Wildman–Crippen LogP) is 6.43. The second kappa shape index (κ2) is 14.4. The maximum atomic E-state index is 11.1. The Morgan fingerprint density at radius 3 is 1.62 bits per heavy atom. The Labute approximate surface area is 132 Å². The summed E-state index contributed by atoms with van der Waals surface area (Å²) in [5.41, 5.74) is 0. The van der Waals surface area contributed by atoms with E-state index < -0.39 is 5.97 Å². The van der Waals surface area contributed by atoms with Crippen molar-refractivity contribution in [1.82, 2.24) is 0 Å². The van der Waals surface area contributed by atoms with Crippen LogP contribution in [0, 0.1) is 11.8 Å². The van der Waals surface area contributed by atoms with Crippen molar-refractivity contribution in [3.05, 3.63) is 0 Å². The average Bonchev–Trinajstić information content (AvgIpc) is 2.42. The zero-order valence-electron chi connectivity index (χ0n) is 14.7. The van der Waals surface area contributed by atoms with Crippen LogP contribution in [0.3, 0.4) is 0 Å². The summed E-state index contributed by atoms with van der Waals surface area (Å²) in [4.78, 5) is 11.1. The highest BCUT2D eigenvalue weighted by atomic mass is 16.4. The van der Waals surface area contributed by atoms with Gasteiger partial charge < -0.3 is 5.11 Å². The van der Waals surface area contributed by atoms with Gasteiger partial charge in [-0.2, -0.15) is 0 Å². The Kier molecular flexibility index (Phi) is 14.0. The molecule has 0 saturated heterocycles. The maximum Gasteiger partial charge on any atom is 0.306 e. The van der Waals surface area contributed by atoms with Gasteiger partial charge in [0.25, 0.3) is 0 Å². The van der Waals surface area contributed by atoms with Gasteiger partial charge in [-0.05, 0) is 18.8 Å². The van der Waals surface area contributed by atoms with Crippen LogP contribution in [-0.2, 0) is 4.79 Å². The molecule has 1 unspecified atom stereocenters. The number of hydrogen-bond acceptors (Lipinski definition) is 1. The van der Waals surface area contributed by atoms with E-state index in [2.05, 4.69) is 20.8 Å². The van der Waals surface area contributed by atoms with Gasteiger partial charge in [-0.15, -0.1) is 0 Å². The van der Waals surface area contributed by atoms with Gasteiger partial charge >= 0.3 is 5.97 Å². The quantitative estimate of drug-likeness (QED) is 0.353. The van der Waals surface area contributed by atoms with Crippen molar-refractivity contribution in [2.45, 2.75) is 104 Å². The van der Waals surface area contributed by atoms with Crippen LogP contribution in [0.1, 0.15) is 104 Å². The first kappa shape index (κ1) is 20.5. The SMILES string of the molecule is CCCCCCCCCCCCCC(CC(C)C)C(=O)O. The molecule has 0 aromatic heterocycles. The summed E-state index contributed by atoms with van der Waals surface area (Å²) in [6.07, 6.45) is 16.3. The normalized spacial score (nSPS) is 12.8. The smallest absolute Gasteiger partial charge is 0.306 e. The number of carboxylic acid groups (broad SMARTS) is 1. The summed E-state index contributed by atoms with van der Waals surface area (Å²) in [6, 6.07) is 0. The molecule has 0 rings (SSSR count). The van der Waals surface area contributed by atoms with Crippen LogP contribution in [0.4, 0.5) is 0 Å². The molecular formula is C19H38O2. The molecule has 0 spiro atoms. The first-order valence-electron chi connectivity index (χ1n) is 9.30. The lowest BCUT2D eigenvalue weighted by Crippen LogP contribution is -2.15. The van der Waals surface area contributed by atoms with Gasteiger partial charge in [0, 0.05) is 0 Å². The summed E-state index contributed by atoms with van der Waals surface area (Å²) >= 11 is 0. The van der Waals surface area contributed by atoms with Crippen molar-refractivity contribution in [2.24, 2.45) is 11.8 Å². The standard InChI is InChI=1S/C19H38O2/c1-4-5-6-7-8-9-10-11-12-13-14-15-18(19(20)21)16-17(2)3/h17-18H,4-16H2,1-3H3,(H,20,21). The highest BCUT2D eigenvalue weighted by Crippen LogP contribution is 2.20. The van der Waals surface area contributed by atoms with Crippen molar-refractivity contribution in [1.29, 1.82) is 0 Å². The lowest BCUT2D eigenvalue weighted by molar-refractivity contribution is -0.142. The molecule has 0 aromatic carbocycles. The van der Waals surface area contributed by atoms with E-state index >= 15 is 0 Å². The minimum atomic E-state index is -0.601. The Morgan fingerprint density at radius 1 is 0.810 bits per heavy atom. The van der Waals surface area contributed by atoms with Gasteiger partial charge in [0.2, 0.25) is 0 Å². The fourth-order valence-electron chi connectivity index (χ4n) is 2.97. The molecular weight excluding hydrogens is 260 g/mol. The summed E-state index contributed by atoms with van der Waals surface area (Å²) < 4.78 is 0. The van der Waals surface area contributed by atoms with Gasteiger partial charge in [0.15, 0.2) is 0 Å². The Bertz CT molecular complexity index is 236. The van der Waals surface area contributed by atoms with E-state index in [9.17, 15) is 9.90 Å². The average molecular weight is 299 g/mol. The number of carboxylic acids is 1. The monoisotopic (exact) mass is 298 g/mol. The Morgan fingerprint density at radius 2 is 1.24 bits per heavy atom. The second-order valence-electron chi connectivity index (χ2n) is 6.99. The maximum absolute atomic E-state index is 11.1. The zero-order chi connectivity index (χ0) is 15.9. The lowest BCUT2D eigenvalue weighted by atomic mass is 9.92. The highest BCUT2D eigenvalue weighted by molar-refractivity contribution is 5.69. The van der Waals surface area contributed by atoms with E-state index in [1.165, 1.54) is 64.2 Å². The molecule has 0 amide bonds. The fraction of sp³-hybridized carbons (Fsp3) is 0.947. The zero-order valence-corrected chi connectivity index (χ0v) is 14.7. The molecule has 21 heavy (non-hydrogen) atoms. The third-order valence-electron chi connectivity index (χ3n) is 4.26. The Hall–Kier alpha value is -0.530. The lowest BCUT2D eigenvalue weighted by Gasteiger charge is -2.14. The van der Waals surface area contributed by atoms with Crippen LogP contribution in [0.25, 0.3) is 0 Å². The van der Waals surface area contributed by atoms with Crippen molar-refractivity contribution in [3.8, 4) is 0 Å². The molecule has 0 aliphatic carbocycles. The van der Waals surface area contributed by atoms with Crippen molar-refractivity contribution in [2.75, 3.05) is 0 Å². The first-order valence-corrected chi connectivity index (χ1v) is 9.30. The van der Waals surface area contributed by atoms with E-state index in [0.717, 1.165) is 19.3 Å². The van der Waals surface area contributed by atoms with Crippen LogP contribution >= 0.6 is 0 Å². The molecule has 2 heteroatoms. The van der Waals surface area contributed by atoms with Gasteiger partial charge in [0.05, 0.1) is 5.92 Å². The largest absolute Gasteiger partial charge is 0.481 e. The molecule has 2 nitrogen and oxygen atoms in total. The van der Waals surface area contributed by atoms with Gasteiger partial charge in [-0.25, -0.2) is 0 Å². The number of aliphatic carboxylic acids is 1. The number of hydrogen-bond donors (Lipinski definition) is 1. The second-order valence-corrected chi connectivity index (χ2v) is 6.99. The summed E-state index contributed by atoms with van der Waals surface area (Å²) in [5.74, 6) is -0.238. The topological polar surface area (TPSA) is 37.3 Å². The third kappa shape index (κ3) is 14.2. The third-order valence-corrected chi connectivity index (χ3v) is 4.26. The van der Waals surface area contributed by atoms with Gasteiger partial charge in [-0.3, -0.25) is 4.79 Å². The number of unbranched alkanes of at least 4 members (excludes halogenated alkanes) is 10. The molecule has 0 saturated carbocycles. The molecule has 1 atom stereocenters. The first-order chi connectivity index (χ1) is 10.1. The van der Waals surface area contributed by atoms with E-state index in [1.807, 2.05) is 0 Å². The molecule has 0 bridgehead atoms. The fourth-order valence-corrected chi connectivity index (χ4v) is 2.97. The van der Waals surface area contributed by atoms with Crippen molar-refractivity contribution >= 4 is 5.97 Å². The molecule has 0 aromatic rings. The summed E-state index contributed by atoms with van der Waals surface area (Å²) in [5, 5.41) is 9.18. The van der Waals surface area contributed by atoms with Crippen LogP contribution in [0.5, 0.6) is 0 Å². The highest BCUT2D eigenvalue weighted by Gasteiger charge is 2.17. The van der Waals surface area contributed by atoms with Crippen LogP contribution in [-0.4, -0.2) is 11.1 Å². The predicted molar refractivity (Wildman–Crippen MR) is 91.7 cm³/mol. The molecule has 126 valence electrons.